The summed E-state index contributed by atoms with van der Waals surface area (Å²) in [6.45, 7) is 13.8. The van der Waals surface area contributed by atoms with E-state index in [1.54, 1.807) is 0 Å². The normalized spacial score (nSPS) is 28.1. The molecule has 0 bridgehead atoms. The van der Waals surface area contributed by atoms with Crippen molar-refractivity contribution in [2.24, 2.45) is 0 Å². The maximum atomic E-state index is 3.89. The van der Waals surface area contributed by atoms with Gasteiger partial charge in [-0.1, -0.05) is 0 Å². The standard InChI is InChI=1S/C8H17N2/c1-5-9(4)7-10-6-8(10,2)3/h4-7H2,1-3H3/q+1. The van der Waals surface area contributed by atoms with Crippen molar-refractivity contribution < 1.29 is 4.58 Å². The highest BCUT2D eigenvalue weighted by atomic mass is 15.4. The van der Waals surface area contributed by atoms with Crippen LogP contribution >= 0.6 is 0 Å². The molecule has 58 valence electrons. The van der Waals surface area contributed by atoms with Crippen LogP contribution in [0.3, 0.4) is 0 Å². The molecule has 1 saturated heterocycles. The van der Waals surface area contributed by atoms with Gasteiger partial charge in [-0.3, -0.25) is 0 Å². The minimum atomic E-state index is 0.450. The summed E-state index contributed by atoms with van der Waals surface area (Å²) in [7, 11) is 0. The van der Waals surface area contributed by atoms with Crippen molar-refractivity contribution in [3.05, 3.63) is 0 Å². The second-order valence-electron chi connectivity index (χ2n) is 3.64. The van der Waals surface area contributed by atoms with Crippen LogP contribution in [-0.2, 0) is 0 Å². The molecular weight excluding hydrogens is 124 g/mol. The van der Waals surface area contributed by atoms with Crippen LogP contribution in [-0.4, -0.2) is 41.5 Å². The molecule has 1 aliphatic rings. The van der Waals surface area contributed by atoms with Gasteiger partial charge in [-0.05, 0) is 20.8 Å². The summed E-state index contributed by atoms with van der Waals surface area (Å²) in [4.78, 5) is 2.41. The van der Waals surface area contributed by atoms with Crippen LogP contribution in [0.25, 0.3) is 0 Å². The van der Waals surface area contributed by atoms with E-state index in [0.29, 0.717) is 5.54 Å². The summed E-state index contributed by atoms with van der Waals surface area (Å²) in [5, 5.41) is 0. The van der Waals surface area contributed by atoms with E-state index in [4.69, 9.17) is 0 Å². The zero-order valence-corrected chi connectivity index (χ0v) is 7.22. The third-order valence-electron chi connectivity index (χ3n) is 2.15. The Morgan fingerprint density at radius 1 is 1.60 bits per heavy atom. The molecule has 2 nitrogen and oxygen atoms in total. The Morgan fingerprint density at radius 2 is 2.10 bits per heavy atom. The van der Waals surface area contributed by atoms with Gasteiger partial charge in [-0.25, -0.2) is 9.48 Å². The van der Waals surface area contributed by atoms with Gasteiger partial charge in [-0.15, -0.1) is 0 Å². The minimum absolute atomic E-state index is 0.450. The quantitative estimate of drug-likeness (QED) is 0.319. The van der Waals surface area contributed by atoms with E-state index in [-0.39, 0.29) is 0 Å². The number of nitrogens with zero attached hydrogens (tertiary/aromatic N) is 2. The van der Waals surface area contributed by atoms with E-state index in [1.165, 1.54) is 6.54 Å². The van der Waals surface area contributed by atoms with Crippen molar-refractivity contribution in [3.63, 3.8) is 0 Å². The molecule has 0 radical (unpaired) electrons. The van der Waals surface area contributed by atoms with Crippen LogP contribution in [0, 0.1) is 0 Å². The Labute approximate surface area is 63.2 Å². The SMILES string of the molecule is C=[N+](CC)CN1CC1(C)C. The van der Waals surface area contributed by atoms with E-state index in [9.17, 15) is 0 Å². The van der Waals surface area contributed by atoms with E-state index in [0.717, 1.165) is 13.2 Å². The van der Waals surface area contributed by atoms with Gasteiger partial charge in [-0.2, -0.15) is 0 Å². The van der Waals surface area contributed by atoms with Gasteiger partial charge >= 0.3 is 0 Å². The molecule has 0 amide bonds. The van der Waals surface area contributed by atoms with Gasteiger partial charge in [0.1, 0.15) is 13.3 Å². The van der Waals surface area contributed by atoms with Crippen molar-refractivity contribution in [3.8, 4) is 0 Å². The fraction of sp³-hybridized carbons (Fsp3) is 0.875. The highest BCUT2D eigenvalue weighted by Gasteiger charge is 2.44. The van der Waals surface area contributed by atoms with Crippen LogP contribution in [0.2, 0.25) is 0 Å². The smallest absolute Gasteiger partial charge is 0.199 e. The fourth-order valence-corrected chi connectivity index (χ4v) is 1.01. The highest BCUT2D eigenvalue weighted by Crippen LogP contribution is 2.29. The summed E-state index contributed by atoms with van der Waals surface area (Å²) in [6, 6.07) is 0. The summed E-state index contributed by atoms with van der Waals surface area (Å²) in [6.07, 6.45) is 0. The van der Waals surface area contributed by atoms with Crippen LogP contribution in [0.5, 0.6) is 0 Å². The molecule has 0 spiro atoms. The number of rotatable bonds is 3. The first-order valence-electron chi connectivity index (χ1n) is 3.87. The van der Waals surface area contributed by atoms with Crippen molar-refractivity contribution in [2.45, 2.75) is 26.3 Å². The predicted octanol–water partition coefficient (Wildman–Crippen LogP) is 0.771. The monoisotopic (exact) mass is 141 g/mol. The van der Waals surface area contributed by atoms with Crippen molar-refractivity contribution >= 4 is 6.72 Å². The maximum absolute atomic E-state index is 3.89. The summed E-state index contributed by atoms with van der Waals surface area (Å²) >= 11 is 0. The van der Waals surface area contributed by atoms with Crippen LogP contribution in [0.1, 0.15) is 20.8 Å². The molecule has 1 rings (SSSR count). The first-order valence-corrected chi connectivity index (χ1v) is 3.87. The molecular formula is C8H17N2+. The number of hydrogen-bond acceptors (Lipinski definition) is 1. The van der Waals surface area contributed by atoms with Gasteiger partial charge in [0.15, 0.2) is 6.67 Å². The molecule has 1 heterocycles. The third kappa shape index (κ3) is 1.57. The van der Waals surface area contributed by atoms with Gasteiger partial charge in [0, 0.05) is 12.1 Å². The highest BCUT2D eigenvalue weighted by molar-refractivity contribution is 5.14. The number of hydrogen-bond donors (Lipinski definition) is 0. The molecule has 0 aromatic rings. The molecule has 0 N–H and O–H groups in total. The second kappa shape index (κ2) is 2.35. The lowest BCUT2D eigenvalue weighted by atomic mass is 10.2. The van der Waals surface area contributed by atoms with Crippen LogP contribution in [0.4, 0.5) is 0 Å². The lowest BCUT2D eigenvalue weighted by molar-refractivity contribution is -0.532. The summed E-state index contributed by atoms with van der Waals surface area (Å²) in [5.74, 6) is 0. The first-order chi connectivity index (χ1) is 4.56. The summed E-state index contributed by atoms with van der Waals surface area (Å²) < 4.78 is 2.08. The van der Waals surface area contributed by atoms with Crippen molar-refractivity contribution in [1.82, 2.24) is 4.90 Å². The Hall–Kier alpha value is -0.370. The molecule has 1 fully saturated rings. The first kappa shape index (κ1) is 7.73. The van der Waals surface area contributed by atoms with Crippen molar-refractivity contribution in [2.75, 3.05) is 19.8 Å². The minimum Gasteiger partial charge on any atom is -0.240 e. The topological polar surface area (TPSA) is 6.02 Å². The second-order valence-corrected chi connectivity index (χ2v) is 3.64. The Bertz CT molecular complexity index is 149. The Balaban J connectivity index is 2.24. The molecule has 1 atom stereocenters. The van der Waals surface area contributed by atoms with Gasteiger partial charge in [0.2, 0.25) is 0 Å². The fourth-order valence-electron chi connectivity index (χ4n) is 1.01. The van der Waals surface area contributed by atoms with Gasteiger partial charge in [0.05, 0.1) is 0 Å². The third-order valence-corrected chi connectivity index (χ3v) is 2.15. The van der Waals surface area contributed by atoms with E-state index >= 15 is 0 Å². The predicted molar refractivity (Wildman–Crippen MR) is 43.6 cm³/mol. The largest absolute Gasteiger partial charge is 0.240 e. The zero-order valence-electron chi connectivity index (χ0n) is 7.22. The Morgan fingerprint density at radius 3 is 2.40 bits per heavy atom. The van der Waals surface area contributed by atoms with E-state index in [1.807, 2.05) is 0 Å². The van der Waals surface area contributed by atoms with Gasteiger partial charge in [0.25, 0.3) is 0 Å². The van der Waals surface area contributed by atoms with Crippen molar-refractivity contribution in [1.29, 1.82) is 0 Å². The van der Waals surface area contributed by atoms with Gasteiger partial charge < -0.3 is 0 Å². The van der Waals surface area contributed by atoms with E-state index < -0.39 is 0 Å². The molecule has 1 aliphatic heterocycles. The molecule has 0 saturated carbocycles. The molecule has 10 heavy (non-hydrogen) atoms. The van der Waals surface area contributed by atoms with Crippen LogP contribution < -0.4 is 0 Å². The molecule has 0 aromatic heterocycles. The molecule has 2 heteroatoms. The lowest BCUT2D eigenvalue weighted by Crippen LogP contribution is -2.21. The Kier molecular flexibility index (Phi) is 1.82. The van der Waals surface area contributed by atoms with E-state index in [2.05, 4.69) is 37.0 Å². The average molecular weight is 141 g/mol. The molecule has 0 aliphatic carbocycles. The maximum Gasteiger partial charge on any atom is 0.199 e. The van der Waals surface area contributed by atoms with Crippen LogP contribution in [0.15, 0.2) is 0 Å². The average Bonchev–Trinajstić information content (AvgIpc) is 2.40. The molecule has 1 unspecified atom stereocenters. The molecule has 0 aromatic carbocycles. The summed E-state index contributed by atoms with van der Waals surface area (Å²) in [5.41, 5.74) is 0.450. The zero-order chi connectivity index (χ0) is 7.78. The lowest BCUT2D eigenvalue weighted by Gasteiger charge is -2.03.